The predicted molar refractivity (Wildman–Crippen MR) is 80.3 cm³/mol. The Morgan fingerprint density at radius 1 is 1.19 bits per heavy atom. The van der Waals surface area contributed by atoms with Crippen molar-refractivity contribution < 1.29 is 4.79 Å². The Morgan fingerprint density at radius 2 is 1.95 bits per heavy atom. The van der Waals surface area contributed by atoms with Crippen LogP contribution in [0.2, 0.25) is 0 Å². The van der Waals surface area contributed by atoms with Gasteiger partial charge in [0, 0.05) is 39.4 Å². The van der Waals surface area contributed by atoms with Gasteiger partial charge in [0.25, 0.3) is 5.91 Å². The Kier molecular flexibility index (Phi) is 3.60. The van der Waals surface area contributed by atoms with Gasteiger partial charge in [-0.1, -0.05) is 6.07 Å². The van der Waals surface area contributed by atoms with Crippen LogP contribution in [-0.2, 0) is 7.05 Å². The first-order chi connectivity index (χ1) is 10.1. The molecule has 6 heteroatoms. The minimum Gasteiger partial charge on any atom is -0.353 e. The number of pyridine rings is 1. The van der Waals surface area contributed by atoms with Crippen molar-refractivity contribution >= 4 is 11.7 Å². The molecule has 0 spiro atoms. The molecule has 0 atom stereocenters. The number of anilines is 1. The first kappa shape index (κ1) is 13.6. The van der Waals surface area contributed by atoms with Gasteiger partial charge in [-0.15, -0.1) is 0 Å². The van der Waals surface area contributed by atoms with E-state index in [1.54, 1.807) is 10.9 Å². The molecule has 1 aliphatic rings. The molecule has 2 aromatic heterocycles. The smallest absolute Gasteiger partial charge is 0.272 e. The van der Waals surface area contributed by atoms with Crippen LogP contribution in [0.5, 0.6) is 0 Å². The van der Waals surface area contributed by atoms with Gasteiger partial charge < -0.3 is 9.80 Å². The molecule has 0 bridgehead atoms. The molecule has 2 aromatic rings. The highest BCUT2D eigenvalue weighted by molar-refractivity contribution is 5.92. The molecular weight excluding hydrogens is 266 g/mol. The van der Waals surface area contributed by atoms with E-state index in [0.29, 0.717) is 18.8 Å². The van der Waals surface area contributed by atoms with Crippen LogP contribution in [0.1, 0.15) is 16.2 Å². The fourth-order valence-electron chi connectivity index (χ4n) is 2.65. The zero-order valence-corrected chi connectivity index (χ0v) is 12.4. The molecule has 0 aromatic carbocycles. The highest BCUT2D eigenvalue weighted by Crippen LogP contribution is 2.14. The normalized spacial score (nSPS) is 15.3. The minimum absolute atomic E-state index is 0.0544. The summed E-state index contributed by atoms with van der Waals surface area (Å²) in [6.07, 6.45) is 1.80. The van der Waals surface area contributed by atoms with E-state index in [1.165, 1.54) is 0 Å². The van der Waals surface area contributed by atoms with Gasteiger partial charge in [0.2, 0.25) is 0 Å². The lowest BCUT2D eigenvalue weighted by Gasteiger charge is -2.35. The maximum atomic E-state index is 12.5. The number of hydrogen-bond acceptors (Lipinski definition) is 4. The highest BCUT2D eigenvalue weighted by Gasteiger charge is 2.24. The third-order valence-corrected chi connectivity index (χ3v) is 3.76. The van der Waals surface area contributed by atoms with Gasteiger partial charge in [0.15, 0.2) is 0 Å². The fraction of sp³-hybridized carbons (Fsp3) is 0.400. The van der Waals surface area contributed by atoms with Crippen molar-refractivity contribution in [1.29, 1.82) is 0 Å². The Hall–Kier alpha value is -2.37. The van der Waals surface area contributed by atoms with E-state index in [4.69, 9.17) is 0 Å². The predicted octanol–water partition coefficient (Wildman–Crippen LogP) is 1.09. The van der Waals surface area contributed by atoms with Gasteiger partial charge in [0.1, 0.15) is 11.5 Å². The summed E-state index contributed by atoms with van der Waals surface area (Å²) in [6.45, 7) is 4.92. The average Bonchev–Trinajstić information content (AvgIpc) is 2.86. The molecule has 0 unspecified atom stereocenters. The second kappa shape index (κ2) is 5.55. The molecule has 110 valence electrons. The molecule has 0 radical (unpaired) electrons. The second-order valence-electron chi connectivity index (χ2n) is 5.26. The number of carbonyl (C=O) groups excluding carboxylic acids is 1. The van der Waals surface area contributed by atoms with E-state index in [1.807, 2.05) is 43.1 Å². The summed E-state index contributed by atoms with van der Waals surface area (Å²) >= 11 is 0. The molecule has 1 saturated heterocycles. The molecule has 0 aliphatic carbocycles. The van der Waals surface area contributed by atoms with E-state index in [2.05, 4.69) is 15.0 Å². The number of amides is 1. The number of piperazine rings is 1. The van der Waals surface area contributed by atoms with Gasteiger partial charge >= 0.3 is 0 Å². The van der Waals surface area contributed by atoms with E-state index >= 15 is 0 Å². The minimum atomic E-state index is 0.0544. The molecule has 6 nitrogen and oxygen atoms in total. The zero-order chi connectivity index (χ0) is 14.8. The highest BCUT2D eigenvalue weighted by atomic mass is 16.2. The molecule has 0 saturated carbocycles. The van der Waals surface area contributed by atoms with Crippen molar-refractivity contribution in [2.24, 2.45) is 7.05 Å². The van der Waals surface area contributed by atoms with Crippen LogP contribution in [0.25, 0.3) is 0 Å². The van der Waals surface area contributed by atoms with Crippen molar-refractivity contribution in [2.45, 2.75) is 6.92 Å². The second-order valence-corrected chi connectivity index (χ2v) is 5.26. The fourth-order valence-corrected chi connectivity index (χ4v) is 2.65. The maximum absolute atomic E-state index is 12.5. The quantitative estimate of drug-likeness (QED) is 0.829. The number of carbonyl (C=O) groups is 1. The van der Waals surface area contributed by atoms with E-state index in [0.717, 1.165) is 24.6 Å². The Balaban J connectivity index is 1.66. The lowest BCUT2D eigenvalue weighted by atomic mass is 10.2. The summed E-state index contributed by atoms with van der Waals surface area (Å²) < 4.78 is 1.66. The van der Waals surface area contributed by atoms with Crippen LogP contribution in [0.15, 0.2) is 30.5 Å². The lowest BCUT2D eigenvalue weighted by Crippen LogP contribution is -2.49. The zero-order valence-electron chi connectivity index (χ0n) is 12.4. The van der Waals surface area contributed by atoms with Crippen LogP contribution in [0.3, 0.4) is 0 Å². The van der Waals surface area contributed by atoms with Crippen molar-refractivity contribution in [2.75, 3.05) is 31.1 Å². The first-order valence-electron chi connectivity index (χ1n) is 7.11. The molecule has 0 N–H and O–H groups in total. The van der Waals surface area contributed by atoms with Crippen LogP contribution in [0, 0.1) is 6.92 Å². The molecule has 21 heavy (non-hydrogen) atoms. The number of rotatable bonds is 2. The van der Waals surface area contributed by atoms with Crippen molar-refractivity contribution in [3.63, 3.8) is 0 Å². The number of aromatic nitrogens is 3. The summed E-state index contributed by atoms with van der Waals surface area (Å²) in [4.78, 5) is 21.0. The van der Waals surface area contributed by atoms with Gasteiger partial charge in [-0.3, -0.25) is 9.48 Å². The van der Waals surface area contributed by atoms with E-state index in [-0.39, 0.29) is 5.91 Å². The monoisotopic (exact) mass is 285 g/mol. The van der Waals surface area contributed by atoms with E-state index < -0.39 is 0 Å². The first-order valence-corrected chi connectivity index (χ1v) is 7.11. The standard InChI is InChI=1S/C15H19N5O/c1-12-11-13(18(2)17-12)15(21)20-9-7-19(8-10-20)14-5-3-4-6-16-14/h3-6,11H,7-10H2,1-2H3. The number of hydrogen-bond donors (Lipinski definition) is 0. The van der Waals surface area contributed by atoms with E-state index in [9.17, 15) is 4.79 Å². The molecule has 1 fully saturated rings. The Morgan fingerprint density at radius 3 is 2.52 bits per heavy atom. The Labute approximate surface area is 124 Å². The summed E-state index contributed by atoms with van der Waals surface area (Å²) in [5.41, 5.74) is 1.52. The van der Waals surface area contributed by atoms with Crippen LogP contribution < -0.4 is 4.90 Å². The largest absolute Gasteiger partial charge is 0.353 e. The summed E-state index contributed by atoms with van der Waals surface area (Å²) in [5.74, 6) is 1.03. The third kappa shape index (κ3) is 2.74. The lowest BCUT2D eigenvalue weighted by molar-refractivity contribution is 0.0735. The summed E-state index contributed by atoms with van der Waals surface area (Å²) in [5, 5.41) is 4.24. The maximum Gasteiger partial charge on any atom is 0.272 e. The van der Waals surface area contributed by atoms with Crippen LogP contribution >= 0.6 is 0 Å². The van der Waals surface area contributed by atoms with Gasteiger partial charge in [-0.25, -0.2) is 4.98 Å². The third-order valence-electron chi connectivity index (χ3n) is 3.76. The molecule has 3 heterocycles. The van der Waals surface area contributed by atoms with Gasteiger partial charge in [-0.2, -0.15) is 5.10 Å². The van der Waals surface area contributed by atoms with Crippen LogP contribution in [-0.4, -0.2) is 51.8 Å². The van der Waals surface area contributed by atoms with Gasteiger partial charge in [-0.05, 0) is 25.1 Å². The molecular formula is C15H19N5O. The average molecular weight is 285 g/mol. The summed E-state index contributed by atoms with van der Waals surface area (Å²) in [6, 6.07) is 7.74. The SMILES string of the molecule is Cc1cc(C(=O)N2CCN(c3ccccn3)CC2)n(C)n1. The number of nitrogens with zero attached hydrogens (tertiary/aromatic N) is 5. The van der Waals surface area contributed by atoms with Crippen LogP contribution in [0.4, 0.5) is 5.82 Å². The van der Waals surface area contributed by atoms with Crippen molar-refractivity contribution in [3.05, 3.63) is 41.9 Å². The van der Waals surface area contributed by atoms with Crippen molar-refractivity contribution in [1.82, 2.24) is 19.7 Å². The topological polar surface area (TPSA) is 54.3 Å². The van der Waals surface area contributed by atoms with Gasteiger partial charge in [0.05, 0.1) is 5.69 Å². The van der Waals surface area contributed by atoms with Crippen molar-refractivity contribution in [3.8, 4) is 0 Å². The number of aryl methyl sites for hydroxylation is 2. The molecule has 1 aliphatic heterocycles. The summed E-state index contributed by atoms with van der Waals surface area (Å²) in [7, 11) is 1.81. The Bertz CT molecular complexity index is 629. The molecule has 3 rings (SSSR count). The molecule has 1 amide bonds.